The number of rotatable bonds is 5. The Labute approximate surface area is 131 Å². The quantitative estimate of drug-likeness (QED) is 0.830. The Bertz CT molecular complexity index is 698. The smallest absolute Gasteiger partial charge is 0.348 e. The van der Waals surface area contributed by atoms with Crippen LogP contribution in [0.2, 0.25) is 0 Å². The molecule has 0 N–H and O–H groups in total. The van der Waals surface area contributed by atoms with Gasteiger partial charge in [0, 0.05) is 5.69 Å². The molecule has 0 atom stereocenters. The summed E-state index contributed by atoms with van der Waals surface area (Å²) < 4.78 is 13.3. The van der Waals surface area contributed by atoms with Crippen molar-refractivity contribution in [2.24, 2.45) is 0 Å². The molecule has 0 bridgehead atoms. The predicted molar refractivity (Wildman–Crippen MR) is 84.2 cm³/mol. The van der Waals surface area contributed by atoms with Crippen molar-refractivity contribution in [2.45, 2.75) is 20.4 Å². The zero-order chi connectivity index (χ0) is 15.4. The van der Waals surface area contributed by atoms with Crippen LogP contribution in [0, 0.1) is 13.8 Å². The summed E-state index contributed by atoms with van der Waals surface area (Å²) in [4.78, 5) is 15.9. The number of hydrogen-bond acceptors (Lipinski definition) is 4. The molecule has 21 heavy (non-hydrogen) atoms. The van der Waals surface area contributed by atoms with Crippen LogP contribution in [-0.2, 0) is 6.54 Å². The molecular weight excluding hydrogens is 336 g/mol. The molecule has 1 aromatic carbocycles. The van der Waals surface area contributed by atoms with Crippen molar-refractivity contribution < 1.29 is 9.47 Å². The third kappa shape index (κ3) is 3.44. The fourth-order valence-corrected chi connectivity index (χ4v) is 2.33. The first kappa shape index (κ1) is 15.6. The Kier molecular flexibility index (Phi) is 5.01. The van der Waals surface area contributed by atoms with Crippen LogP contribution < -0.4 is 15.2 Å². The third-order valence-corrected chi connectivity index (χ3v) is 4.32. The summed E-state index contributed by atoms with van der Waals surface area (Å²) in [5.74, 6) is 1.33. The number of benzene rings is 1. The van der Waals surface area contributed by atoms with E-state index in [2.05, 4.69) is 20.9 Å². The molecule has 0 radical (unpaired) electrons. The van der Waals surface area contributed by atoms with E-state index in [1.165, 1.54) is 0 Å². The normalized spacial score (nSPS) is 10.5. The van der Waals surface area contributed by atoms with Gasteiger partial charge < -0.3 is 9.47 Å². The molecule has 0 amide bonds. The van der Waals surface area contributed by atoms with Crippen molar-refractivity contribution in [3.05, 3.63) is 50.6 Å². The molecule has 112 valence electrons. The van der Waals surface area contributed by atoms with Crippen molar-refractivity contribution in [3.63, 3.8) is 0 Å². The fraction of sp³-hybridized carbons (Fsp3) is 0.333. The molecule has 2 aromatic rings. The van der Waals surface area contributed by atoms with Crippen LogP contribution in [0.1, 0.15) is 11.4 Å². The SMILES string of the molecule is COc1ccccc1OCCn1c(C)c(Br)c(C)nc1=O. The Morgan fingerprint density at radius 2 is 1.90 bits per heavy atom. The Balaban J connectivity index is 2.11. The van der Waals surface area contributed by atoms with Crippen LogP contribution in [0.5, 0.6) is 11.5 Å². The van der Waals surface area contributed by atoms with Crippen LogP contribution in [0.15, 0.2) is 33.5 Å². The summed E-state index contributed by atoms with van der Waals surface area (Å²) in [5.41, 5.74) is 1.27. The summed E-state index contributed by atoms with van der Waals surface area (Å²) in [6.45, 7) is 4.46. The second-order valence-corrected chi connectivity index (χ2v) is 5.32. The highest BCUT2D eigenvalue weighted by Crippen LogP contribution is 2.25. The van der Waals surface area contributed by atoms with Gasteiger partial charge in [-0.25, -0.2) is 4.79 Å². The number of para-hydroxylation sites is 2. The zero-order valence-electron chi connectivity index (χ0n) is 12.2. The highest BCUT2D eigenvalue weighted by atomic mass is 79.9. The standard InChI is InChI=1S/C15H17BrN2O3/c1-10-14(16)11(2)18(15(19)17-10)8-9-21-13-7-5-4-6-12(13)20-3/h4-7H,8-9H2,1-3H3. The van der Waals surface area contributed by atoms with E-state index in [0.717, 1.165) is 10.2 Å². The number of aryl methyl sites for hydroxylation is 1. The van der Waals surface area contributed by atoms with E-state index in [-0.39, 0.29) is 5.69 Å². The van der Waals surface area contributed by atoms with Gasteiger partial charge in [0.1, 0.15) is 6.61 Å². The van der Waals surface area contributed by atoms with E-state index in [4.69, 9.17) is 9.47 Å². The van der Waals surface area contributed by atoms with Gasteiger partial charge in [-0.15, -0.1) is 0 Å². The number of halogens is 1. The van der Waals surface area contributed by atoms with Crippen molar-refractivity contribution in [1.82, 2.24) is 9.55 Å². The van der Waals surface area contributed by atoms with Gasteiger partial charge in [-0.05, 0) is 41.9 Å². The molecule has 0 aliphatic rings. The third-order valence-electron chi connectivity index (χ3n) is 3.18. The number of hydrogen-bond donors (Lipinski definition) is 0. The van der Waals surface area contributed by atoms with Gasteiger partial charge in [0.2, 0.25) is 0 Å². The van der Waals surface area contributed by atoms with Crippen molar-refractivity contribution in [1.29, 1.82) is 0 Å². The van der Waals surface area contributed by atoms with E-state index in [0.29, 0.717) is 30.3 Å². The molecule has 1 heterocycles. The highest BCUT2D eigenvalue weighted by Gasteiger charge is 2.09. The van der Waals surface area contributed by atoms with Gasteiger partial charge in [-0.2, -0.15) is 4.98 Å². The summed E-state index contributed by atoms with van der Waals surface area (Å²) in [7, 11) is 1.60. The molecule has 0 unspecified atom stereocenters. The van der Waals surface area contributed by atoms with Crippen LogP contribution in [0.3, 0.4) is 0 Å². The van der Waals surface area contributed by atoms with Gasteiger partial charge in [0.15, 0.2) is 11.5 Å². The molecule has 0 aliphatic carbocycles. The minimum Gasteiger partial charge on any atom is -0.493 e. The maximum Gasteiger partial charge on any atom is 0.348 e. The summed E-state index contributed by atoms with van der Waals surface area (Å²) in [6.07, 6.45) is 0. The molecule has 0 saturated heterocycles. The highest BCUT2D eigenvalue weighted by molar-refractivity contribution is 9.10. The van der Waals surface area contributed by atoms with Crippen molar-refractivity contribution in [2.75, 3.05) is 13.7 Å². The maximum absolute atomic E-state index is 11.9. The molecule has 2 rings (SSSR count). The molecule has 0 aliphatic heterocycles. The number of aromatic nitrogens is 2. The molecule has 0 spiro atoms. The van der Waals surface area contributed by atoms with Gasteiger partial charge in [-0.1, -0.05) is 12.1 Å². The molecular formula is C15H17BrN2O3. The van der Waals surface area contributed by atoms with Crippen molar-refractivity contribution >= 4 is 15.9 Å². The average Bonchev–Trinajstić information content (AvgIpc) is 2.49. The predicted octanol–water partition coefficient (Wildman–Crippen LogP) is 2.71. The number of nitrogens with zero attached hydrogens (tertiary/aromatic N) is 2. The number of ether oxygens (including phenoxy) is 2. The van der Waals surface area contributed by atoms with E-state index in [1.54, 1.807) is 18.6 Å². The van der Waals surface area contributed by atoms with Gasteiger partial charge in [0.25, 0.3) is 0 Å². The van der Waals surface area contributed by atoms with Crippen LogP contribution in [0.25, 0.3) is 0 Å². The van der Waals surface area contributed by atoms with Gasteiger partial charge >= 0.3 is 5.69 Å². The Morgan fingerprint density at radius 1 is 1.24 bits per heavy atom. The minimum atomic E-state index is -0.267. The lowest BCUT2D eigenvalue weighted by atomic mass is 10.3. The molecule has 6 heteroatoms. The number of methoxy groups -OCH3 is 1. The van der Waals surface area contributed by atoms with E-state index < -0.39 is 0 Å². The van der Waals surface area contributed by atoms with E-state index in [1.807, 2.05) is 31.2 Å². The van der Waals surface area contributed by atoms with Gasteiger partial charge in [0.05, 0.1) is 23.8 Å². The van der Waals surface area contributed by atoms with E-state index in [9.17, 15) is 4.79 Å². The molecule has 5 nitrogen and oxygen atoms in total. The fourth-order valence-electron chi connectivity index (χ4n) is 2.02. The lowest BCUT2D eigenvalue weighted by Gasteiger charge is -2.14. The maximum atomic E-state index is 11.9. The molecule has 0 fully saturated rings. The summed E-state index contributed by atoms with van der Waals surface area (Å²) in [5, 5.41) is 0. The lowest BCUT2D eigenvalue weighted by molar-refractivity contribution is 0.276. The second-order valence-electron chi connectivity index (χ2n) is 4.53. The first-order valence-electron chi connectivity index (χ1n) is 6.54. The van der Waals surface area contributed by atoms with Gasteiger partial charge in [-0.3, -0.25) is 4.57 Å². The molecule has 0 saturated carbocycles. The lowest BCUT2D eigenvalue weighted by Crippen LogP contribution is -2.28. The Hall–Kier alpha value is -1.82. The van der Waals surface area contributed by atoms with E-state index >= 15 is 0 Å². The first-order valence-corrected chi connectivity index (χ1v) is 7.33. The zero-order valence-corrected chi connectivity index (χ0v) is 13.8. The minimum absolute atomic E-state index is 0.267. The summed E-state index contributed by atoms with van der Waals surface area (Å²) >= 11 is 3.44. The largest absolute Gasteiger partial charge is 0.493 e. The summed E-state index contributed by atoms with van der Waals surface area (Å²) in [6, 6.07) is 7.41. The average molecular weight is 353 g/mol. The van der Waals surface area contributed by atoms with Crippen LogP contribution in [0.4, 0.5) is 0 Å². The molecule has 1 aromatic heterocycles. The Morgan fingerprint density at radius 3 is 2.57 bits per heavy atom. The van der Waals surface area contributed by atoms with Crippen LogP contribution in [-0.4, -0.2) is 23.3 Å². The topological polar surface area (TPSA) is 53.4 Å². The first-order chi connectivity index (χ1) is 10.0. The second kappa shape index (κ2) is 6.76. The van der Waals surface area contributed by atoms with Crippen molar-refractivity contribution in [3.8, 4) is 11.5 Å². The monoisotopic (exact) mass is 352 g/mol. The van der Waals surface area contributed by atoms with Crippen LogP contribution >= 0.6 is 15.9 Å².